The van der Waals surface area contributed by atoms with Crippen molar-refractivity contribution in [3.63, 3.8) is 0 Å². The normalized spacial score (nSPS) is 10.8. The predicted molar refractivity (Wildman–Crippen MR) is 109 cm³/mol. The number of amides is 1. The molecule has 0 radical (unpaired) electrons. The second kappa shape index (κ2) is 8.81. The molecule has 2 aromatic carbocycles. The minimum absolute atomic E-state index is 0.0542. The lowest BCUT2D eigenvalue weighted by atomic mass is 10.1. The van der Waals surface area contributed by atoms with Crippen LogP contribution in [0.15, 0.2) is 65.7 Å². The zero-order chi connectivity index (χ0) is 18.4. The standard InChI is InChI=1S/C21H22BrN3O/c1-16(22)15-25-19-11-6-5-10-18(19)24-20(25)12-7-13-23-21(26)14-17-8-3-2-4-9-17/h2-6,8-11H,1,7,12-15H2,(H,23,26). The van der Waals surface area contributed by atoms with Crippen molar-refractivity contribution in [3.8, 4) is 0 Å². The number of benzene rings is 2. The Morgan fingerprint density at radius 3 is 2.62 bits per heavy atom. The van der Waals surface area contributed by atoms with E-state index in [9.17, 15) is 4.79 Å². The molecule has 0 unspecified atom stereocenters. The van der Waals surface area contributed by atoms with Crippen LogP contribution in [0.2, 0.25) is 0 Å². The van der Waals surface area contributed by atoms with Crippen LogP contribution in [-0.4, -0.2) is 22.0 Å². The summed E-state index contributed by atoms with van der Waals surface area (Å²) in [4.78, 5) is 16.8. The highest BCUT2D eigenvalue weighted by Crippen LogP contribution is 2.19. The van der Waals surface area contributed by atoms with Crippen molar-refractivity contribution in [1.82, 2.24) is 14.9 Å². The molecule has 0 atom stereocenters. The molecule has 26 heavy (non-hydrogen) atoms. The fraction of sp³-hybridized carbons (Fsp3) is 0.238. The maximum Gasteiger partial charge on any atom is 0.224 e. The maximum atomic E-state index is 12.0. The van der Waals surface area contributed by atoms with Gasteiger partial charge in [0, 0.05) is 17.4 Å². The number of aromatic nitrogens is 2. The quantitative estimate of drug-likeness (QED) is 0.563. The third-order valence-electron chi connectivity index (χ3n) is 4.17. The summed E-state index contributed by atoms with van der Waals surface area (Å²) in [6, 6.07) is 17.9. The molecule has 0 saturated carbocycles. The molecule has 0 bridgehead atoms. The number of halogens is 1. The van der Waals surface area contributed by atoms with Gasteiger partial charge in [-0.1, -0.05) is 65.0 Å². The first-order chi connectivity index (χ1) is 12.6. The van der Waals surface area contributed by atoms with E-state index in [-0.39, 0.29) is 5.91 Å². The molecule has 3 aromatic rings. The summed E-state index contributed by atoms with van der Waals surface area (Å²) < 4.78 is 3.09. The molecule has 0 aliphatic heterocycles. The summed E-state index contributed by atoms with van der Waals surface area (Å²) in [6.07, 6.45) is 2.07. The molecule has 1 heterocycles. The lowest BCUT2D eigenvalue weighted by Gasteiger charge is -2.09. The Morgan fingerprint density at radius 2 is 1.85 bits per heavy atom. The van der Waals surface area contributed by atoms with E-state index in [1.807, 2.05) is 48.5 Å². The van der Waals surface area contributed by atoms with Gasteiger partial charge in [0.15, 0.2) is 0 Å². The van der Waals surface area contributed by atoms with E-state index in [1.54, 1.807) is 0 Å². The van der Waals surface area contributed by atoms with Crippen LogP contribution in [0.1, 0.15) is 17.8 Å². The summed E-state index contributed by atoms with van der Waals surface area (Å²) in [7, 11) is 0. The number of imidazole rings is 1. The van der Waals surface area contributed by atoms with Gasteiger partial charge < -0.3 is 9.88 Å². The van der Waals surface area contributed by atoms with E-state index in [2.05, 4.69) is 38.5 Å². The molecule has 0 aliphatic rings. The molecule has 0 fully saturated rings. The first kappa shape index (κ1) is 18.4. The van der Waals surface area contributed by atoms with Gasteiger partial charge in [-0.25, -0.2) is 4.98 Å². The van der Waals surface area contributed by atoms with Crippen LogP contribution in [0.3, 0.4) is 0 Å². The van der Waals surface area contributed by atoms with Gasteiger partial charge >= 0.3 is 0 Å². The molecule has 0 saturated heterocycles. The maximum absolute atomic E-state index is 12.0. The Balaban J connectivity index is 1.56. The SMILES string of the molecule is C=C(Br)Cn1c(CCCNC(=O)Cc2ccccc2)nc2ccccc21. The Labute approximate surface area is 162 Å². The molecular weight excluding hydrogens is 390 g/mol. The predicted octanol–water partition coefficient (Wildman–Crippen LogP) is 4.24. The van der Waals surface area contributed by atoms with E-state index in [4.69, 9.17) is 4.98 Å². The van der Waals surface area contributed by atoms with Crippen molar-refractivity contribution in [2.24, 2.45) is 0 Å². The van der Waals surface area contributed by atoms with Crippen LogP contribution in [0.4, 0.5) is 0 Å². The van der Waals surface area contributed by atoms with Crippen LogP contribution < -0.4 is 5.32 Å². The average Bonchev–Trinajstić information content (AvgIpc) is 2.97. The highest BCUT2D eigenvalue weighted by molar-refractivity contribution is 9.11. The second-order valence-electron chi connectivity index (χ2n) is 6.24. The Hall–Kier alpha value is -2.40. The molecule has 134 valence electrons. The summed E-state index contributed by atoms with van der Waals surface area (Å²) in [5.74, 6) is 1.07. The number of nitrogens with zero attached hydrogens (tertiary/aromatic N) is 2. The van der Waals surface area contributed by atoms with Crippen molar-refractivity contribution in [1.29, 1.82) is 0 Å². The first-order valence-electron chi connectivity index (χ1n) is 8.71. The molecule has 3 rings (SSSR count). The zero-order valence-corrected chi connectivity index (χ0v) is 16.2. The Morgan fingerprint density at radius 1 is 1.12 bits per heavy atom. The van der Waals surface area contributed by atoms with Crippen LogP contribution >= 0.6 is 15.9 Å². The smallest absolute Gasteiger partial charge is 0.224 e. The molecule has 0 aliphatic carbocycles. The Kier molecular flexibility index (Phi) is 6.23. The highest BCUT2D eigenvalue weighted by atomic mass is 79.9. The monoisotopic (exact) mass is 411 g/mol. The summed E-state index contributed by atoms with van der Waals surface area (Å²) >= 11 is 3.45. The summed E-state index contributed by atoms with van der Waals surface area (Å²) in [6.45, 7) is 5.28. The minimum Gasteiger partial charge on any atom is -0.356 e. The zero-order valence-electron chi connectivity index (χ0n) is 14.6. The number of carbonyl (C=O) groups excluding carboxylic acids is 1. The van der Waals surface area contributed by atoms with Gasteiger partial charge in [0.05, 0.1) is 24.0 Å². The number of para-hydroxylation sites is 2. The first-order valence-corrected chi connectivity index (χ1v) is 9.51. The molecule has 4 nitrogen and oxygen atoms in total. The number of hydrogen-bond donors (Lipinski definition) is 1. The van der Waals surface area contributed by atoms with Crippen molar-refractivity contribution >= 4 is 32.9 Å². The van der Waals surface area contributed by atoms with Crippen LogP contribution in [0, 0.1) is 0 Å². The van der Waals surface area contributed by atoms with Gasteiger partial charge in [0.1, 0.15) is 5.82 Å². The van der Waals surface area contributed by atoms with Gasteiger partial charge in [0.25, 0.3) is 0 Å². The number of rotatable bonds is 8. The summed E-state index contributed by atoms with van der Waals surface area (Å²) in [5.41, 5.74) is 3.13. The van der Waals surface area contributed by atoms with Gasteiger partial charge in [0.2, 0.25) is 5.91 Å². The number of fused-ring (bicyclic) bond motifs is 1. The van der Waals surface area contributed by atoms with Crippen molar-refractivity contribution < 1.29 is 4.79 Å². The fourth-order valence-electron chi connectivity index (χ4n) is 2.98. The number of aryl methyl sites for hydroxylation is 1. The van der Waals surface area contributed by atoms with Gasteiger partial charge in [-0.2, -0.15) is 0 Å². The van der Waals surface area contributed by atoms with Crippen LogP contribution in [0.5, 0.6) is 0 Å². The highest BCUT2D eigenvalue weighted by Gasteiger charge is 2.11. The Bertz CT molecular complexity index is 902. The van der Waals surface area contributed by atoms with Crippen molar-refractivity contribution in [2.45, 2.75) is 25.8 Å². The molecule has 5 heteroatoms. The van der Waals surface area contributed by atoms with E-state index in [1.165, 1.54) is 0 Å². The molecule has 1 amide bonds. The van der Waals surface area contributed by atoms with Gasteiger partial charge in [-0.05, 0) is 24.1 Å². The number of hydrogen-bond acceptors (Lipinski definition) is 2. The number of carbonyl (C=O) groups is 1. The molecule has 1 N–H and O–H groups in total. The molecular formula is C21H22BrN3O. The van der Waals surface area contributed by atoms with Crippen molar-refractivity contribution in [2.75, 3.05) is 6.54 Å². The van der Waals surface area contributed by atoms with Crippen LogP contribution in [-0.2, 0) is 24.2 Å². The lowest BCUT2D eigenvalue weighted by Crippen LogP contribution is -2.26. The van der Waals surface area contributed by atoms with E-state index in [0.29, 0.717) is 19.5 Å². The topological polar surface area (TPSA) is 46.9 Å². The third kappa shape index (κ3) is 4.82. The van der Waals surface area contributed by atoms with E-state index in [0.717, 1.165) is 39.7 Å². The minimum atomic E-state index is 0.0542. The largest absolute Gasteiger partial charge is 0.356 e. The average molecular weight is 412 g/mol. The third-order valence-corrected chi connectivity index (χ3v) is 4.42. The van der Waals surface area contributed by atoms with Crippen LogP contribution in [0.25, 0.3) is 11.0 Å². The summed E-state index contributed by atoms with van der Waals surface area (Å²) in [5, 5.41) is 2.99. The van der Waals surface area contributed by atoms with E-state index < -0.39 is 0 Å². The van der Waals surface area contributed by atoms with Gasteiger partial charge in [-0.3, -0.25) is 4.79 Å². The van der Waals surface area contributed by atoms with E-state index >= 15 is 0 Å². The van der Waals surface area contributed by atoms with Crippen molar-refractivity contribution in [3.05, 3.63) is 77.0 Å². The molecule has 1 aromatic heterocycles. The van der Waals surface area contributed by atoms with Gasteiger partial charge in [-0.15, -0.1) is 0 Å². The molecule has 0 spiro atoms. The fourth-order valence-corrected chi connectivity index (χ4v) is 3.23. The lowest BCUT2D eigenvalue weighted by molar-refractivity contribution is -0.120. The second-order valence-corrected chi connectivity index (χ2v) is 7.36. The number of nitrogens with one attached hydrogen (secondary N) is 1. The number of allylic oxidation sites excluding steroid dienone is 1.